The standard InChI is InChI=1S/C12H10N6O/c1-18-10-3-7-6(2-8(10)17-12(18)19)15-11(16-7)9-4-13-5-14-9/h2-5H,1H3,(H,13,14)(H,15,16)(H,17,19). The molecular weight excluding hydrogens is 244 g/mol. The number of aryl methyl sites for hydroxylation is 1. The van der Waals surface area contributed by atoms with Crippen LogP contribution in [0.1, 0.15) is 0 Å². The van der Waals surface area contributed by atoms with E-state index < -0.39 is 0 Å². The van der Waals surface area contributed by atoms with E-state index in [1.807, 2.05) is 12.1 Å². The van der Waals surface area contributed by atoms with Crippen molar-refractivity contribution in [2.24, 2.45) is 7.05 Å². The molecule has 0 radical (unpaired) electrons. The molecule has 0 saturated heterocycles. The maximum Gasteiger partial charge on any atom is 0.326 e. The molecule has 1 aromatic carbocycles. The molecule has 0 atom stereocenters. The van der Waals surface area contributed by atoms with Crippen molar-refractivity contribution in [3.05, 3.63) is 35.1 Å². The van der Waals surface area contributed by atoms with Gasteiger partial charge in [-0.1, -0.05) is 0 Å². The summed E-state index contributed by atoms with van der Waals surface area (Å²) >= 11 is 0. The predicted molar refractivity (Wildman–Crippen MR) is 70.8 cm³/mol. The summed E-state index contributed by atoms with van der Waals surface area (Å²) in [6.07, 6.45) is 3.38. The normalized spacial score (nSPS) is 11.6. The zero-order valence-corrected chi connectivity index (χ0v) is 10.1. The fourth-order valence-corrected chi connectivity index (χ4v) is 2.24. The van der Waals surface area contributed by atoms with Gasteiger partial charge in [0.1, 0.15) is 5.69 Å². The third-order valence-electron chi connectivity index (χ3n) is 3.25. The molecule has 3 heterocycles. The number of aromatic amines is 3. The fraction of sp³-hybridized carbons (Fsp3) is 0.0833. The van der Waals surface area contributed by atoms with Crippen molar-refractivity contribution < 1.29 is 0 Å². The van der Waals surface area contributed by atoms with Gasteiger partial charge >= 0.3 is 5.69 Å². The summed E-state index contributed by atoms with van der Waals surface area (Å²) in [5, 5.41) is 0. The molecule has 3 N–H and O–H groups in total. The average molecular weight is 254 g/mol. The first-order valence-electron chi connectivity index (χ1n) is 5.80. The van der Waals surface area contributed by atoms with Crippen LogP contribution in [0.3, 0.4) is 0 Å². The fourth-order valence-electron chi connectivity index (χ4n) is 2.24. The first kappa shape index (κ1) is 10.1. The highest BCUT2D eigenvalue weighted by atomic mass is 16.1. The molecule has 0 saturated carbocycles. The van der Waals surface area contributed by atoms with E-state index >= 15 is 0 Å². The molecule has 0 aliphatic heterocycles. The van der Waals surface area contributed by atoms with E-state index in [4.69, 9.17) is 0 Å². The molecule has 0 bridgehead atoms. The van der Waals surface area contributed by atoms with E-state index in [1.54, 1.807) is 24.1 Å². The Bertz CT molecular complexity index is 940. The van der Waals surface area contributed by atoms with E-state index in [9.17, 15) is 4.79 Å². The predicted octanol–water partition coefficient (Wildman–Crippen LogP) is 1.13. The molecule has 0 amide bonds. The van der Waals surface area contributed by atoms with Crippen molar-refractivity contribution in [2.45, 2.75) is 0 Å². The summed E-state index contributed by atoms with van der Waals surface area (Å²) < 4.78 is 1.57. The number of imidazole rings is 3. The van der Waals surface area contributed by atoms with E-state index in [0.29, 0.717) is 5.82 Å². The second kappa shape index (κ2) is 3.35. The minimum Gasteiger partial charge on any atom is -0.350 e. The zero-order valence-electron chi connectivity index (χ0n) is 10.1. The van der Waals surface area contributed by atoms with Crippen LogP contribution in [0.2, 0.25) is 0 Å². The Hall–Kier alpha value is -2.83. The minimum absolute atomic E-state index is 0.129. The van der Waals surface area contributed by atoms with Gasteiger partial charge in [0.2, 0.25) is 0 Å². The van der Waals surface area contributed by atoms with Gasteiger partial charge in [-0.15, -0.1) is 0 Å². The van der Waals surface area contributed by atoms with Crippen molar-refractivity contribution in [3.8, 4) is 11.5 Å². The summed E-state index contributed by atoms with van der Waals surface area (Å²) in [5.41, 5.74) is 3.92. The maximum absolute atomic E-state index is 11.6. The second-order valence-electron chi connectivity index (χ2n) is 4.42. The molecule has 0 aliphatic carbocycles. The van der Waals surface area contributed by atoms with Crippen LogP contribution in [0, 0.1) is 0 Å². The first-order chi connectivity index (χ1) is 9.22. The molecule has 7 heteroatoms. The van der Waals surface area contributed by atoms with Gasteiger partial charge in [0.05, 0.1) is 28.4 Å². The Morgan fingerprint density at radius 3 is 2.89 bits per heavy atom. The Morgan fingerprint density at radius 1 is 1.21 bits per heavy atom. The van der Waals surface area contributed by atoms with E-state index in [-0.39, 0.29) is 5.69 Å². The number of fused-ring (bicyclic) bond motifs is 2. The summed E-state index contributed by atoms with van der Waals surface area (Å²) in [5.74, 6) is 0.703. The number of hydrogen-bond donors (Lipinski definition) is 3. The number of nitrogens with zero attached hydrogens (tertiary/aromatic N) is 3. The zero-order chi connectivity index (χ0) is 13.0. The molecule has 0 aliphatic rings. The highest BCUT2D eigenvalue weighted by molar-refractivity contribution is 5.92. The van der Waals surface area contributed by atoms with Crippen LogP contribution in [0.25, 0.3) is 33.6 Å². The van der Waals surface area contributed by atoms with Crippen molar-refractivity contribution in [2.75, 3.05) is 0 Å². The van der Waals surface area contributed by atoms with E-state index in [2.05, 4.69) is 24.9 Å². The number of H-pyrrole nitrogens is 3. The molecule has 0 spiro atoms. The highest BCUT2D eigenvalue weighted by Crippen LogP contribution is 2.22. The van der Waals surface area contributed by atoms with Crippen LogP contribution in [0.15, 0.2) is 29.5 Å². The van der Waals surface area contributed by atoms with Gasteiger partial charge in [-0.25, -0.2) is 14.8 Å². The van der Waals surface area contributed by atoms with Crippen LogP contribution in [0.5, 0.6) is 0 Å². The summed E-state index contributed by atoms with van der Waals surface area (Å²) in [4.78, 5) is 29.1. The smallest absolute Gasteiger partial charge is 0.326 e. The molecule has 4 rings (SSSR count). The van der Waals surface area contributed by atoms with Crippen LogP contribution >= 0.6 is 0 Å². The number of rotatable bonds is 1. The molecule has 7 nitrogen and oxygen atoms in total. The van der Waals surface area contributed by atoms with Crippen molar-refractivity contribution in [3.63, 3.8) is 0 Å². The van der Waals surface area contributed by atoms with Crippen molar-refractivity contribution >= 4 is 22.1 Å². The van der Waals surface area contributed by atoms with Gasteiger partial charge in [0.25, 0.3) is 0 Å². The van der Waals surface area contributed by atoms with Gasteiger partial charge in [-0.05, 0) is 12.1 Å². The molecule has 94 valence electrons. The Balaban J connectivity index is 2.04. The average Bonchev–Trinajstić information content (AvgIpc) is 3.08. The lowest BCUT2D eigenvalue weighted by molar-refractivity contribution is 0.892. The van der Waals surface area contributed by atoms with Gasteiger partial charge in [-0.3, -0.25) is 4.57 Å². The van der Waals surface area contributed by atoms with Crippen LogP contribution in [-0.2, 0) is 7.05 Å². The van der Waals surface area contributed by atoms with Crippen molar-refractivity contribution in [1.29, 1.82) is 0 Å². The van der Waals surface area contributed by atoms with Gasteiger partial charge in [-0.2, -0.15) is 0 Å². The SMILES string of the molecule is Cn1c(=O)[nH]c2cc3[nH]c(-c4c[nH]cn4)nc3cc21. The Morgan fingerprint density at radius 2 is 2.11 bits per heavy atom. The molecule has 0 fully saturated rings. The number of hydrogen-bond acceptors (Lipinski definition) is 3. The third-order valence-corrected chi connectivity index (χ3v) is 3.25. The molecule has 0 unspecified atom stereocenters. The van der Waals surface area contributed by atoms with E-state index in [1.165, 1.54) is 0 Å². The first-order valence-corrected chi connectivity index (χ1v) is 5.80. The molecule has 4 aromatic rings. The molecular formula is C12H10N6O. The Labute approximate surface area is 106 Å². The third kappa shape index (κ3) is 1.35. The largest absolute Gasteiger partial charge is 0.350 e. The lowest BCUT2D eigenvalue weighted by Crippen LogP contribution is -2.11. The lowest BCUT2D eigenvalue weighted by Gasteiger charge is -1.92. The van der Waals surface area contributed by atoms with Crippen LogP contribution in [-0.4, -0.2) is 29.5 Å². The lowest BCUT2D eigenvalue weighted by atomic mass is 10.3. The number of nitrogens with one attached hydrogen (secondary N) is 3. The quantitative estimate of drug-likeness (QED) is 0.475. The van der Waals surface area contributed by atoms with Crippen LogP contribution in [0.4, 0.5) is 0 Å². The number of aromatic nitrogens is 6. The summed E-state index contributed by atoms with van der Waals surface area (Å²) in [6.45, 7) is 0. The molecule has 19 heavy (non-hydrogen) atoms. The van der Waals surface area contributed by atoms with Gasteiger partial charge < -0.3 is 15.0 Å². The topological polar surface area (TPSA) is 95.2 Å². The summed E-state index contributed by atoms with van der Waals surface area (Å²) in [6, 6.07) is 3.77. The number of benzene rings is 1. The summed E-state index contributed by atoms with van der Waals surface area (Å²) in [7, 11) is 1.73. The maximum atomic E-state index is 11.6. The van der Waals surface area contributed by atoms with Gasteiger partial charge in [0, 0.05) is 13.2 Å². The monoisotopic (exact) mass is 254 g/mol. The van der Waals surface area contributed by atoms with Crippen molar-refractivity contribution in [1.82, 2.24) is 29.5 Å². The minimum atomic E-state index is -0.129. The highest BCUT2D eigenvalue weighted by Gasteiger charge is 2.10. The molecule has 3 aromatic heterocycles. The van der Waals surface area contributed by atoms with Crippen LogP contribution < -0.4 is 5.69 Å². The Kier molecular flexibility index (Phi) is 1.78. The second-order valence-corrected chi connectivity index (χ2v) is 4.42. The van der Waals surface area contributed by atoms with Gasteiger partial charge in [0.15, 0.2) is 5.82 Å². The van der Waals surface area contributed by atoms with E-state index in [0.717, 1.165) is 27.8 Å².